The average Bonchev–Trinajstić information content (AvgIpc) is 2.91. The van der Waals surface area contributed by atoms with E-state index in [0.717, 1.165) is 37.0 Å². The van der Waals surface area contributed by atoms with Gasteiger partial charge in [0.1, 0.15) is 18.5 Å². The second-order valence-electron chi connectivity index (χ2n) is 9.33. The normalized spacial score (nSPS) is 17.3. The van der Waals surface area contributed by atoms with Gasteiger partial charge in [-0.1, -0.05) is 24.3 Å². The van der Waals surface area contributed by atoms with Gasteiger partial charge in [-0.3, -0.25) is 34.4 Å². The third kappa shape index (κ3) is 5.31. The minimum Gasteiger partial charge on any atom is -0.491 e. The summed E-state index contributed by atoms with van der Waals surface area (Å²) in [5.74, 6) is -0.0247. The van der Waals surface area contributed by atoms with E-state index in [1.165, 1.54) is 29.2 Å². The number of nitro groups is 1. The maximum atomic E-state index is 13.1. The number of nitro benzene ring substituents is 1. The zero-order valence-electron chi connectivity index (χ0n) is 20.3. The monoisotopic (exact) mass is 504 g/mol. The summed E-state index contributed by atoms with van der Waals surface area (Å²) in [6.07, 6.45) is -0.701. The molecule has 1 N–H and O–H groups in total. The van der Waals surface area contributed by atoms with Gasteiger partial charge >= 0.3 is 0 Å². The number of ether oxygens (including phenoxy) is 1. The van der Waals surface area contributed by atoms with Gasteiger partial charge in [0.2, 0.25) is 0 Å². The van der Waals surface area contributed by atoms with Crippen LogP contribution in [0.15, 0.2) is 60.7 Å². The van der Waals surface area contributed by atoms with Crippen LogP contribution in [0.5, 0.6) is 5.75 Å². The van der Waals surface area contributed by atoms with E-state index >= 15 is 0 Å². The molecular weight excluding hydrogens is 476 g/mol. The molecule has 0 spiro atoms. The SMILES string of the molecule is O=C1c2cccc3cccc(c23)C(=O)N1CCN1CCN(C[C@H](O)COc2ccc([N+](=O)[O-])cc2)CC1. The van der Waals surface area contributed by atoms with Gasteiger partial charge in [-0.15, -0.1) is 0 Å². The molecule has 1 fully saturated rings. The van der Waals surface area contributed by atoms with Crippen molar-refractivity contribution in [2.24, 2.45) is 0 Å². The highest BCUT2D eigenvalue weighted by Crippen LogP contribution is 2.29. The van der Waals surface area contributed by atoms with Crippen LogP contribution in [0, 0.1) is 10.1 Å². The van der Waals surface area contributed by atoms with Crippen molar-refractivity contribution in [3.05, 3.63) is 81.9 Å². The molecule has 0 bridgehead atoms. The van der Waals surface area contributed by atoms with Crippen LogP contribution in [0.2, 0.25) is 0 Å². The Labute approximate surface area is 213 Å². The van der Waals surface area contributed by atoms with E-state index in [-0.39, 0.29) is 24.1 Å². The van der Waals surface area contributed by atoms with Gasteiger partial charge in [0.05, 0.1) is 4.92 Å². The lowest BCUT2D eigenvalue weighted by atomic mass is 9.94. The summed E-state index contributed by atoms with van der Waals surface area (Å²) in [6.45, 7) is 4.48. The number of nitrogens with zero attached hydrogens (tertiary/aromatic N) is 4. The summed E-state index contributed by atoms with van der Waals surface area (Å²) in [5.41, 5.74) is 1.13. The highest BCUT2D eigenvalue weighted by atomic mass is 16.6. The van der Waals surface area contributed by atoms with Crippen LogP contribution < -0.4 is 4.74 Å². The van der Waals surface area contributed by atoms with Crippen molar-refractivity contribution in [2.45, 2.75) is 6.10 Å². The van der Waals surface area contributed by atoms with Gasteiger partial charge in [-0.25, -0.2) is 0 Å². The molecule has 10 nitrogen and oxygen atoms in total. The number of β-amino-alcohol motifs (C(OH)–C–C–N with tert-alkyl or cyclic N) is 1. The zero-order valence-corrected chi connectivity index (χ0v) is 20.3. The highest BCUT2D eigenvalue weighted by molar-refractivity contribution is 6.25. The standard InChI is InChI=1S/C27H28N4O6/c32-21(18-37-22-9-7-20(8-10-22)31(35)36)17-29-13-11-28(12-14-29)15-16-30-26(33)23-5-1-3-19-4-2-6-24(25(19)23)27(30)34/h1-10,21,32H,11-18H2/t21-/m0/s1. The number of hydrogen-bond acceptors (Lipinski definition) is 8. The molecule has 2 aliphatic heterocycles. The first kappa shape index (κ1) is 24.8. The molecule has 0 saturated carbocycles. The molecule has 2 aliphatic rings. The molecule has 3 aromatic carbocycles. The zero-order chi connectivity index (χ0) is 25.9. The number of carbonyl (C=O) groups excluding carboxylic acids is 2. The van der Waals surface area contributed by atoms with Crippen molar-refractivity contribution in [3.63, 3.8) is 0 Å². The number of carbonyl (C=O) groups is 2. The van der Waals surface area contributed by atoms with Crippen molar-refractivity contribution >= 4 is 28.3 Å². The predicted molar refractivity (Wildman–Crippen MR) is 137 cm³/mol. The van der Waals surface area contributed by atoms with Crippen molar-refractivity contribution in [1.82, 2.24) is 14.7 Å². The van der Waals surface area contributed by atoms with Crippen LogP contribution in [0.4, 0.5) is 5.69 Å². The summed E-state index contributed by atoms with van der Waals surface area (Å²) in [4.78, 5) is 42.1. The van der Waals surface area contributed by atoms with Crippen LogP contribution in [-0.4, -0.2) is 95.1 Å². The van der Waals surface area contributed by atoms with Gasteiger partial charge in [0.15, 0.2) is 0 Å². The van der Waals surface area contributed by atoms with Crippen molar-refractivity contribution in [2.75, 3.05) is 52.4 Å². The number of amides is 2. The topological polar surface area (TPSA) is 116 Å². The van der Waals surface area contributed by atoms with Crippen LogP contribution in [0.3, 0.4) is 0 Å². The Balaban J connectivity index is 1.08. The molecule has 5 rings (SSSR count). The highest BCUT2D eigenvalue weighted by Gasteiger charge is 2.33. The molecule has 10 heteroatoms. The Hall–Kier alpha value is -3.86. The summed E-state index contributed by atoms with van der Waals surface area (Å²) in [6, 6.07) is 16.8. The number of imide groups is 1. The summed E-state index contributed by atoms with van der Waals surface area (Å²) < 4.78 is 5.56. The molecule has 0 aliphatic carbocycles. The van der Waals surface area contributed by atoms with Gasteiger partial charge in [0, 0.05) is 74.5 Å². The van der Waals surface area contributed by atoms with Gasteiger partial charge in [-0.05, 0) is 29.7 Å². The van der Waals surface area contributed by atoms with Crippen molar-refractivity contribution in [3.8, 4) is 5.75 Å². The minimum absolute atomic E-state index is 0.0121. The van der Waals surface area contributed by atoms with Crippen molar-refractivity contribution < 1.29 is 24.4 Å². The van der Waals surface area contributed by atoms with E-state index < -0.39 is 11.0 Å². The molecule has 0 aromatic heterocycles. The summed E-state index contributed by atoms with van der Waals surface area (Å²) in [5, 5.41) is 22.7. The molecule has 3 aromatic rings. The van der Waals surface area contributed by atoms with E-state index in [2.05, 4.69) is 9.80 Å². The first-order valence-corrected chi connectivity index (χ1v) is 12.3. The fraction of sp³-hybridized carbons (Fsp3) is 0.333. The minimum atomic E-state index is -0.701. The average molecular weight is 505 g/mol. The Morgan fingerprint density at radius 1 is 0.865 bits per heavy atom. The van der Waals surface area contributed by atoms with Crippen LogP contribution in [0.1, 0.15) is 20.7 Å². The van der Waals surface area contributed by atoms with E-state index in [1.54, 1.807) is 12.1 Å². The molecule has 1 atom stereocenters. The van der Waals surface area contributed by atoms with E-state index in [0.29, 0.717) is 36.5 Å². The molecule has 2 heterocycles. The lowest BCUT2D eigenvalue weighted by Gasteiger charge is -2.36. The molecule has 2 amide bonds. The fourth-order valence-corrected chi connectivity index (χ4v) is 4.93. The first-order valence-electron chi connectivity index (χ1n) is 12.3. The summed E-state index contributed by atoms with van der Waals surface area (Å²) >= 11 is 0. The maximum Gasteiger partial charge on any atom is 0.269 e. The van der Waals surface area contributed by atoms with Gasteiger partial charge in [-0.2, -0.15) is 0 Å². The quantitative estimate of drug-likeness (QED) is 0.268. The Morgan fingerprint density at radius 2 is 1.46 bits per heavy atom. The second-order valence-corrected chi connectivity index (χ2v) is 9.33. The van der Waals surface area contributed by atoms with Crippen LogP contribution >= 0.6 is 0 Å². The summed E-state index contributed by atoms with van der Waals surface area (Å²) in [7, 11) is 0. The Bertz CT molecular complexity index is 1270. The number of aliphatic hydroxyl groups excluding tert-OH is 1. The predicted octanol–water partition coefficient (Wildman–Crippen LogP) is 2.40. The largest absolute Gasteiger partial charge is 0.491 e. The molecule has 192 valence electrons. The molecule has 1 saturated heterocycles. The number of benzene rings is 3. The van der Waals surface area contributed by atoms with Crippen molar-refractivity contribution in [1.29, 1.82) is 0 Å². The fourth-order valence-electron chi connectivity index (χ4n) is 4.93. The number of piperazine rings is 1. The number of aliphatic hydroxyl groups is 1. The van der Waals surface area contributed by atoms with Crippen LogP contribution in [0.25, 0.3) is 10.8 Å². The Morgan fingerprint density at radius 3 is 2.05 bits per heavy atom. The lowest BCUT2D eigenvalue weighted by molar-refractivity contribution is -0.384. The van der Waals surface area contributed by atoms with Gasteiger partial charge < -0.3 is 9.84 Å². The number of non-ortho nitro benzene ring substituents is 1. The van der Waals surface area contributed by atoms with Gasteiger partial charge in [0.25, 0.3) is 17.5 Å². The Kier molecular flexibility index (Phi) is 7.13. The molecular formula is C27H28N4O6. The third-order valence-corrected chi connectivity index (χ3v) is 6.92. The molecule has 0 unspecified atom stereocenters. The lowest BCUT2D eigenvalue weighted by Crippen LogP contribution is -2.51. The smallest absolute Gasteiger partial charge is 0.269 e. The van der Waals surface area contributed by atoms with Crippen LogP contribution in [-0.2, 0) is 0 Å². The first-order chi connectivity index (χ1) is 17.9. The number of rotatable bonds is 9. The van der Waals surface area contributed by atoms with E-state index in [4.69, 9.17) is 4.74 Å². The second kappa shape index (κ2) is 10.6. The molecule has 37 heavy (non-hydrogen) atoms. The number of hydrogen-bond donors (Lipinski definition) is 1. The maximum absolute atomic E-state index is 13.1. The molecule has 0 radical (unpaired) electrons. The van der Waals surface area contributed by atoms with E-state index in [9.17, 15) is 24.8 Å². The van der Waals surface area contributed by atoms with E-state index in [1.807, 2.05) is 24.3 Å². The third-order valence-electron chi connectivity index (χ3n) is 6.92.